The Hall–Kier alpha value is -0.980. The van der Waals surface area contributed by atoms with Gasteiger partial charge in [-0.05, 0) is 56.4 Å². The topological polar surface area (TPSA) is 101 Å². The van der Waals surface area contributed by atoms with Crippen LogP contribution >= 0.6 is 0 Å². The van der Waals surface area contributed by atoms with Crippen molar-refractivity contribution in [2.45, 2.75) is 75.8 Å². The van der Waals surface area contributed by atoms with Crippen molar-refractivity contribution in [3.8, 4) is 0 Å². The Balaban J connectivity index is 1.91. The Morgan fingerprint density at radius 3 is 2.62 bits per heavy atom. The van der Waals surface area contributed by atoms with Crippen molar-refractivity contribution in [3.63, 3.8) is 0 Å². The first-order chi connectivity index (χ1) is 12.2. The van der Waals surface area contributed by atoms with Crippen molar-refractivity contribution in [2.24, 2.45) is 11.3 Å². The summed E-state index contributed by atoms with van der Waals surface area (Å²) < 4.78 is 0. The fourth-order valence-corrected chi connectivity index (χ4v) is 5.44. The van der Waals surface area contributed by atoms with E-state index in [-0.39, 0.29) is 12.0 Å². The molecule has 0 aromatic heterocycles. The second kappa shape index (κ2) is 7.21. The van der Waals surface area contributed by atoms with E-state index in [0.29, 0.717) is 25.7 Å². The molecule has 5 nitrogen and oxygen atoms in total. The van der Waals surface area contributed by atoms with Gasteiger partial charge in [-0.2, -0.15) is 0 Å². The lowest BCUT2D eigenvalue weighted by molar-refractivity contribution is -0.170. The van der Waals surface area contributed by atoms with Crippen LogP contribution in [0.1, 0.15) is 51.9 Å². The van der Waals surface area contributed by atoms with Crippen LogP contribution in [0, 0.1) is 11.3 Å². The monoisotopic (exact) mass is 364 g/mol. The molecule has 146 valence electrons. The van der Waals surface area contributed by atoms with Crippen LogP contribution in [-0.4, -0.2) is 56.1 Å². The third-order valence-corrected chi connectivity index (χ3v) is 7.06. The average Bonchev–Trinajstić information content (AvgIpc) is 2.86. The lowest BCUT2D eigenvalue weighted by atomic mass is 9.59. The van der Waals surface area contributed by atoms with Gasteiger partial charge in [-0.1, -0.05) is 36.8 Å². The molecule has 0 aliphatic heterocycles. The van der Waals surface area contributed by atoms with Gasteiger partial charge in [0.15, 0.2) is 0 Å². The van der Waals surface area contributed by atoms with Crippen LogP contribution in [0.3, 0.4) is 0 Å². The van der Waals surface area contributed by atoms with Crippen molar-refractivity contribution >= 4 is 0 Å². The van der Waals surface area contributed by atoms with Gasteiger partial charge < -0.3 is 25.5 Å². The summed E-state index contributed by atoms with van der Waals surface area (Å²) in [6.45, 7) is 5.51. The summed E-state index contributed by atoms with van der Waals surface area (Å²) in [5.74, 6) is 0.0516. The maximum Gasteiger partial charge on any atom is 0.106 e. The van der Waals surface area contributed by atoms with Gasteiger partial charge in [-0.15, -0.1) is 0 Å². The highest BCUT2D eigenvalue weighted by Crippen LogP contribution is 2.60. The highest BCUT2D eigenvalue weighted by atomic mass is 16.4. The molecule has 5 heteroatoms. The molecule has 3 fully saturated rings. The minimum absolute atomic E-state index is 0.0516. The molecule has 0 radical (unpaired) electrons. The Morgan fingerprint density at radius 1 is 1.19 bits per heavy atom. The molecule has 3 rings (SSSR count). The Morgan fingerprint density at radius 2 is 1.92 bits per heavy atom. The minimum atomic E-state index is -1.40. The molecule has 3 saturated carbocycles. The van der Waals surface area contributed by atoms with Gasteiger partial charge in [-0.3, -0.25) is 0 Å². The summed E-state index contributed by atoms with van der Waals surface area (Å²) >= 11 is 0. The van der Waals surface area contributed by atoms with Crippen molar-refractivity contribution in [3.05, 3.63) is 35.5 Å². The van der Waals surface area contributed by atoms with E-state index in [4.69, 9.17) is 0 Å². The molecule has 6 atom stereocenters. The SMILES string of the molecule is C=C1CC[C@@H](O)C/C1=C/C=C1\C[C@H](O)C[C@@]2(C)[C@H]1CC[C@]2(O)[C@H](O)CO. The molecular formula is C21H32O5. The summed E-state index contributed by atoms with van der Waals surface area (Å²) in [5, 5.41) is 51.1. The second-order valence-electron chi connectivity index (χ2n) is 8.63. The molecule has 0 saturated heterocycles. The molecule has 0 spiro atoms. The van der Waals surface area contributed by atoms with E-state index < -0.39 is 29.8 Å². The predicted octanol–water partition coefficient (Wildman–Crippen LogP) is 1.60. The zero-order valence-corrected chi connectivity index (χ0v) is 15.6. The highest BCUT2D eigenvalue weighted by Gasteiger charge is 2.62. The standard InChI is InChI=1S/C21H32O5/c1-13-3-6-16(23)9-14(13)4-5-15-10-17(24)11-20(2)18(15)7-8-21(20,26)19(25)12-22/h4-5,16-19,22-26H,1,3,6-12H2,2H3/b14-4-,15-5+/t16-,17+,18+,19-,20+,21+/m1/s1. The third-order valence-electron chi connectivity index (χ3n) is 7.06. The van der Waals surface area contributed by atoms with E-state index in [0.717, 1.165) is 36.0 Å². The van der Waals surface area contributed by atoms with Crippen molar-refractivity contribution < 1.29 is 25.5 Å². The summed E-state index contributed by atoms with van der Waals surface area (Å²) in [4.78, 5) is 0. The van der Waals surface area contributed by atoms with Gasteiger partial charge in [0.05, 0.1) is 24.4 Å². The first kappa shape index (κ1) is 19.8. The molecule has 0 amide bonds. The van der Waals surface area contributed by atoms with E-state index in [2.05, 4.69) is 6.58 Å². The molecular weight excluding hydrogens is 332 g/mol. The van der Waals surface area contributed by atoms with E-state index in [1.165, 1.54) is 0 Å². The molecule has 5 N–H and O–H groups in total. The molecule has 26 heavy (non-hydrogen) atoms. The van der Waals surface area contributed by atoms with Gasteiger partial charge >= 0.3 is 0 Å². The van der Waals surface area contributed by atoms with Crippen molar-refractivity contribution in [2.75, 3.05) is 6.61 Å². The maximum absolute atomic E-state index is 11.1. The lowest BCUT2D eigenvalue weighted by Gasteiger charge is -2.49. The zero-order valence-electron chi connectivity index (χ0n) is 15.6. The summed E-state index contributed by atoms with van der Waals surface area (Å²) in [7, 11) is 0. The van der Waals surface area contributed by atoms with Gasteiger partial charge in [0.2, 0.25) is 0 Å². The largest absolute Gasteiger partial charge is 0.394 e. The predicted molar refractivity (Wildman–Crippen MR) is 99.3 cm³/mol. The number of aliphatic hydroxyl groups excluding tert-OH is 4. The van der Waals surface area contributed by atoms with Crippen LogP contribution in [0.5, 0.6) is 0 Å². The van der Waals surface area contributed by atoms with Gasteiger partial charge in [-0.25, -0.2) is 0 Å². The Bertz CT molecular complexity index is 624. The van der Waals surface area contributed by atoms with Gasteiger partial charge in [0.1, 0.15) is 6.10 Å². The molecule has 3 aliphatic rings. The highest BCUT2D eigenvalue weighted by molar-refractivity contribution is 5.37. The van der Waals surface area contributed by atoms with Gasteiger partial charge in [0, 0.05) is 5.41 Å². The summed E-state index contributed by atoms with van der Waals surface area (Å²) in [6.07, 6.45) is 6.10. The number of rotatable bonds is 3. The minimum Gasteiger partial charge on any atom is -0.394 e. The Kier molecular flexibility index (Phi) is 5.48. The van der Waals surface area contributed by atoms with Crippen LogP contribution in [0.4, 0.5) is 0 Å². The number of fused-ring (bicyclic) bond motifs is 1. The molecule has 0 aromatic rings. The molecule has 3 aliphatic carbocycles. The zero-order chi connectivity index (χ0) is 19.1. The number of aliphatic hydroxyl groups is 5. The smallest absolute Gasteiger partial charge is 0.106 e. The fourth-order valence-electron chi connectivity index (χ4n) is 5.44. The molecule has 0 heterocycles. The maximum atomic E-state index is 11.1. The number of allylic oxidation sites excluding steroid dienone is 3. The van der Waals surface area contributed by atoms with Crippen molar-refractivity contribution in [1.82, 2.24) is 0 Å². The number of hydrogen-bond donors (Lipinski definition) is 5. The molecule has 0 unspecified atom stereocenters. The van der Waals surface area contributed by atoms with Crippen LogP contribution in [0.2, 0.25) is 0 Å². The lowest BCUT2D eigenvalue weighted by Crippen LogP contribution is -2.57. The van der Waals surface area contributed by atoms with Crippen LogP contribution < -0.4 is 0 Å². The Labute approximate surface area is 155 Å². The fraction of sp³-hybridized carbons (Fsp3) is 0.714. The van der Waals surface area contributed by atoms with E-state index in [1.54, 1.807) is 0 Å². The summed E-state index contributed by atoms with van der Waals surface area (Å²) in [5.41, 5.74) is 1.07. The van der Waals surface area contributed by atoms with Crippen LogP contribution in [-0.2, 0) is 0 Å². The van der Waals surface area contributed by atoms with Crippen LogP contribution in [0.15, 0.2) is 35.5 Å². The van der Waals surface area contributed by atoms with E-state index >= 15 is 0 Å². The average molecular weight is 364 g/mol. The normalized spacial score (nSPS) is 45.2. The quantitative estimate of drug-likeness (QED) is 0.524. The molecule has 0 aromatic carbocycles. The van der Waals surface area contributed by atoms with E-state index in [1.807, 2.05) is 19.1 Å². The number of hydrogen-bond acceptors (Lipinski definition) is 5. The third kappa shape index (κ3) is 3.20. The first-order valence-electron chi connectivity index (χ1n) is 9.66. The summed E-state index contributed by atoms with van der Waals surface area (Å²) in [6, 6.07) is 0. The van der Waals surface area contributed by atoms with Crippen LogP contribution in [0.25, 0.3) is 0 Å². The first-order valence-corrected chi connectivity index (χ1v) is 9.66. The second-order valence-corrected chi connectivity index (χ2v) is 8.63. The van der Waals surface area contributed by atoms with E-state index in [9.17, 15) is 25.5 Å². The molecule has 0 bridgehead atoms. The van der Waals surface area contributed by atoms with Crippen molar-refractivity contribution in [1.29, 1.82) is 0 Å². The van der Waals surface area contributed by atoms with Gasteiger partial charge in [0.25, 0.3) is 0 Å².